The van der Waals surface area contributed by atoms with E-state index in [0.717, 1.165) is 25.9 Å². The van der Waals surface area contributed by atoms with E-state index in [-0.39, 0.29) is 10.8 Å². The maximum atomic E-state index is 13.1. The molecule has 1 aliphatic heterocycles. The Hall–Kier alpha value is -1.71. The number of aryl methyl sites for hydroxylation is 1. The number of hydrogen-bond donors (Lipinski definition) is 1. The van der Waals surface area contributed by atoms with Crippen LogP contribution >= 0.6 is 11.3 Å². The molecule has 2 aromatic heterocycles. The van der Waals surface area contributed by atoms with Gasteiger partial charge in [-0.25, -0.2) is 18.1 Å². The summed E-state index contributed by atoms with van der Waals surface area (Å²) >= 11 is 1.34. The lowest BCUT2D eigenvalue weighted by atomic mass is 10.1. The fourth-order valence-electron chi connectivity index (χ4n) is 3.73. The molecule has 1 N–H and O–H groups in total. The number of likely N-dealkylation sites (tertiary alicyclic amines) is 1. The van der Waals surface area contributed by atoms with Crippen LogP contribution in [0.15, 0.2) is 11.0 Å². The third-order valence-electron chi connectivity index (χ3n) is 5.32. The van der Waals surface area contributed by atoms with Crippen LogP contribution in [0, 0.1) is 13.8 Å². The SMILES string of the molecule is Cc1nc(-c2cc(S(=O)(=O)NC(C)(C)C)c(C)n2C)sc1C(=O)N1CCCCCC1. The van der Waals surface area contributed by atoms with Crippen molar-refractivity contribution >= 4 is 27.3 Å². The Morgan fingerprint density at radius 3 is 2.30 bits per heavy atom. The van der Waals surface area contributed by atoms with Crippen LogP contribution in [0.4, 0.5) is 0 Å². The average Bonchev–Trinajstić information content (AvgIpc) is 3.00. The summed E-state index contributed by atoms with van der Waals surface area (Å²) in [6, 6.07) is 1.65. The third kappa shape index (κ3) is 4.78. The van der Waals surface area contributed by atoms with Crippen LogP contribution in [-0.4, -0.2) is 47.4 Å². The number of rotatable bonds is 4. The Labute approximate surface area is 183 Å². The summed E-state index contributed by atoms with van der Waals surface area (Å²) in [6.45, 7) is 10.6. The van der Waals surface area contributed by atoms with Crippen molar-refractivity contribution in [3.8, 4) is 10.7 Å². The second-order valence-electron chi connectivity index (χ2n) is 9.03. The quantitative estimate of drug-likeness (QED) is 0.763. The van der Waals surface area contributed by atoms with Gasteiger partial charge in [-0.15, -0.1) is 11.3 Å². The maximum absolute atomic E-state index is 13.1. The minimum atomic E-state index is -3.67. The van der Waals surface area contributed by atoms with Gasteiger partial charge in [0.15, 0.2) is 0 Å². The van der Waals surface area contributed by atoms with E-state index < -0.39 is 15.6 Å². The first-order valence-corrected chi connectivity index (χ1v) is 12.7. The van der Waals surface area contributed by atoms with Crippen LogP contribution in [0.25, 0.3) is 10.7 Å². The predicted octanol–water partition coefficient (Wildman–Crippen LogP) is 3.86. The zero-order chi connectivity index (χ0) is 22.3. The van der Waals surface area contributed by atoms with Gasteiger partial charge in [0.2, 0.25) is 10.0 Å². The molecule has 7 nitrogen and oxygen atoms in total. The van der Waals surface area contributed by atoms with Crippen LogP contribution in [-0.2, 0) is 17.1 Å². The first-order valence-electron chi connectivity index (χ1n) is 10.4. The largest absolute Gasteiger partial charge is 0.345 e. The number of amides is 1. The van der Waals surface area contributed by atoms with Crippen molar-refractivity contribution in [2.75, 3.05) is 13.1 Å². The van der Waals surface area contributed by atoms with Gasteiger partial charge in [0, 0.05) is 31.4 Å². The number of aromatic nitrogens is 2. The van der Waals surface area contributed by atoms with Crippen LogP contribution in [0.5, 0.6) is 0 Å². The van der Waals surface area contributed by atoms with Gasteiger partial charge in [0.05, 0.1) is 11.4 Å². The zero-order valence-corrected chi connectivity index (χ0v) is 20.3. The van der Waals surface area contributed by atoms with E-state index in [1.165, 1.54) is 24.2 Å². The van der Waals surface area contributed by atoms with Gasteiger partial charge in [-0.1, -0.05) is 12.8 Å². The van der Waals surface area contributed by atoms with Crippen molar-refractivity contribution in [2.24, 2.45) is 7.05 Å². The number of hydrogen-bond acceptors (Lipinski definition) is 5. The van der Waals surface area contributed by atoms with E-state index in [1.54, 1.807) is 13.0 Å². The average molecular weight is 453 g/mol. The van der Waals surface area contributed by atoms with Crippen LogP contribution in [0.3, 0.4) is 0 Å². The Balaban J connectivity index is 1.96. The molecule has 30 heavy (non-hydrogen) atoms. The lowest BCUT2D eigenvalue weighted by Gasteiger charge is -2.20. The lowest BCUT2D eigenvalue weighted by molar-refractivity contribution is 0.0765. The molecular weight excluding hydrogens is 420 g/mol. The number of carbonyl (C=O) groups is 1. The first kappa shape index (κ1) is 23.0. The Bertz CT molecular complexity index is 1040. The smallest absolute Gasteiger partial charge is 0.265 e. The number of nitrogens with zero attached hydrogens (tertiary/aromatic N) is 3. The Kier molecular flexibility index (Phi) is 6.46. The van der Waals surface area contributed by atoms with Gasteiger partial charge in [0.25, 0.3) is 5.91 Å². The highest BCUT2D eigenvalue weighted by Gasteiger charge is 2.29. The molecule has 0 bridgehead atoms. The molecule has 1 fully saturated rings. The summed E-state index contributed by atoms with van der Waals surface area (Å²) in [4.78, 5) is 20.5. The van der Waals surface area contributed by atoms with Crippen molar-refractivity contribution in [1.29, 1.82) is 0 Å². The number of sulfonamides is 1. The summed E-state index contributed by atoms with van der Waals surface area (Å²) in [7, 11) is -1.84. The fraction of sp³-hybridized carbons (Fsp3) is 0.619. The number of thiazole rings is 1. The molecule has 9 heteroatoms. The molecule has 0 spiro atoms. The Morgan fingerprint density at radius 1 is 1.13 bits per heavy atom. The summed E-state index contributed by atoms with van der Waals surface area (Å²) in [5, 5.41) is 0.661. The van der Waals surface area contributed by atoms with Crippen LogP contribution in [0.1, 0.15) is 67.5 Å². The van der Waals surface area contributed by atoms with Gasteiger partial charge in [-0.3, -0.25) is 4.79 Å². The maximum Gasteiger partial charge on any atom is 0.265 e. The van der Waals surface area contributed by atoms with Crippen molar-refractivity contribution in [3.05, 3.63) is 22.3 Å². The number of nitrogens with one attached hydrogen (secondary N) is 1. The van der Waals surface area contributed by atoms with E-state index in [0.29, 0.717) is 27.0 Å². The lowest BCUT2D eigenvalue weighted by Crippen LogP contribution is -2.40. The molecule has 3 heterocycles. The summed E-state index contributed by atoms with van der Waals surface area (Å²) in [5.74, 6) is 0.0336. The van der Waals surface area contributed by atoms with Gasteiger partial charge in [0.1, 0.15) is 14.8 Å². The third-order valence-corrected chi connectivity index (χ3v) is 8.36. The molecule has 0 saturated carbocycles. The second-order valence-corrected chi connectivity index (χ2v) is 11.7. The van der Waals surface area contributed by atoms with E-state index in [1.807, 2.05) is 44.2 Å². The minimum Gasteiger partial charge on any atom is -0.345 e. The highest BCUT2D eigenvalue weighted by molar-refractivity contribution is 7.89. The predicted molar refractivity (Wildman–Crippen MR) is 120 cm³/mol. The van der Waals surface area contributed by atoms with Gasteiger partial charge >= 0.3 is 0 Å². The van der Waals surface area contributed by atoms with Gasteiger partial charge in [-0.05, 0) is 53.5 Å². The highest BCUT2D eigenvalue weighted by Crippen LogP contribution is 2.33. The van der Waals surface area contributed by atoms with Crippen LogP contribution < -0.4 is 4.72 Å². The summed E-state index contributed by atoms with van der Waals surface area (Å²) in [5.41, 5.74) is 1.45. The number of carbonyl (C=O) groups excluding carboxylic acids is 1. The van der Waals surface area contributed by atoms with E-state index in [9.17, 15) is 13.2 Å². The molecule has 1 saturated heterocycles. The summed E-state index contributed by atoms with van der Waals surface area (Å²) < 4.78 is 30.3. The molecule has 3 rings (SSSR count). The van der Waals surface area contributed by atoms with Crippen LogP contribution in [0.2, 0.25) is 0 Å². The van der Waals surface area contributed by atoms with E-state index in [2.05, 4.69) is 9.71 Å². The minimum absolute atomic E-state index is 0.0336. The van der Waals surface area contributed by atoms with Gasteiger partial charge in [-0.2, -0.15) is 0 Å². The van der Waals surface area contributed by atoms with Crippen molar-refractivity contribution in [1.82, 2.24) is 19.2 Å². The monoisotopic (exact) mass is 452 g/mol. The molecule has 1 amide bonds. The molecule has 0 atom stereocenters. The molecular formula is C21H32N4O3S2. The first-order chi connectivity index (χ1) is 13.9. The molecule has 1 aliphatic rings. The highest BCUT2D eigenvalue weighted by atomic mass is 32.2. The standard InChI is InChI=1S/C21H32N4O3S2/c1-14-18(20(26)25-11-9-7-8-10-12-25)29-19(22-14)16-13-17(15(2)24(16)6)30(27,28)23-21(3,4)5/h13,23H,7-12H2,1-6H3. The topological polar surface area (TPSA) is 84.3 Å². The molecule has 0 unspecified atom stereocenters. The normalized spacial score (nSPS) is 16.0. The van der Waals surface area contributed by atoms with E-state index in [4.69, 9.17) is 0 Å². The van der Waals surface area contributed by atoms with Crippen molar-refractivity contribution < 1.29 is 13.2 Å². The van der Waals surface area contributed by atoms with Crippen molar-refractivity contribution in [2.45, 2.75) is 70.7 Å². The van der Waals surface area contributed by atoms with Crippen molar-refractivity contribution in [3.63, 3.8) is 0 Å². The molecule has 0 radical (unpaired) electrons. The molecule has 0 aromatic carbocycles. The Morgan fingerprint density at radius 2 is 1.73 bits per heavy atom. The van der Waals surface area contributed by atoms with E-state index >= 15 is 0 Å². The molecule has 2 aromatic rings. The second kappa shape index (κ2) is 8.43. The zero-order valence-electron chi connectivity index (χ0n) is 18.7. The van der Waals surface area contributed by atoms with Gasteiger partial charge < -0.3 is 9.47 Å². The fourth-order valence-corrected chi connectivity index (χ4v) is 6.52. The molecule has 0 aliphatic carbocycles. The summed E-state index contributed by atoms with van der Waals surface area (Å²) in [6.07, 6.45) is 4.41. The molecule has 166 valence electrons.